The number of ether oxygens (including phenoxy) is 1. The van der Waals surface area contributed by atoms with Crippen LogP contribution in [-0.2, 0) is 17.6 Å². The van der Waals surface area contributed by atoms with Crippen molar-refractivity contribution >= 4 is 72.3 Å². The van der Waals surface area contributed by atoms with Crippen LogP contribution in [0.15, 0.2) is 36.7 Å². The van der Waals surface area contributed by atoms with Crippen LogP contribution in [0.3, 0.4) is 0 Å². The second-order valence-electron chi connectivity index (χ2n) is 10.0. The Labute approximate surface area is 251 Å². The lowest BCUT2D eigenvalue weighted by Gasteiger charge is -2.43. The van der Waals surface area contributed by atoms with Crippen molar-refractivity contribution in [3.8, 4) is 28.3 Å². The summed E-state index contributed by atoms with van der Waals surface area (Å²) in [5, 5.41) is 14.6. The molecule has 8 nitrogen and oxygen atoms in total. The summed E-state index contributed by atoms with van der Waals surface area (Å²) in [4.78, 5) is 4.39. The lowest BCUT2D eigenvalue weighted by molar-refractivity contribution is 0.226. The second kappa shape index (κ2) is 10.1. The van der Waals surface area contributed by atoms with Gasteiger partial charge in [0.15, 0.2) is 16.7 Å². The Bertz CT molecular complexity index is 1660. The minimum atomic E-state index is -2.24. The van der Waals surface area contributed by atoms with Crippen molar-refractivity contribution in [2.45, 2.75) is 28.7 Å². The fourth-order valence-corrected chi connectivity index (χ4v) is 5.13. The van der Waals surface area contributed by atoms with E-state index in [0.717, 1.165) is 4.68 Å². The number of aryl methyl sites for hydroxylation is 1. The van der Waals surface area contributed by atoms with Gasteiger partial charge in [0, 0.05) is 41.7 Å². The molecule has 4 heterocycles. The van der Waals surface area contributed by atoms with Crippen molar-refractivity contribution in [2.24, 2.45) is 7.05 Å². The number of aliphatic hydroxyl groups excluding tert-OH is 1. The molecule has 1 aliphatic rings. The summed E-state index contributed by atoms with van der Waals surface area (Å²) < 4.78 is 23.4. The molecule has 2 bridgehead atoms. The van der Waals surface area contributed by atoms with E-state index >= 15 is 0 Å². The highest BCUT2D eigenvalue weighted by Crippen LogP contribution is 2.47. The normalized spacial score (nSPS) is 16.4. The topological polar surface area (TPSA) is 90.0 Å². The van der Waals surface area contributed by atoms with Gasteiger partial charge in [-0.3, -0.25) is 9.36 Å². The number of pyridine rings is 1. The van der Waals surface area contributed by atoms with Gasteiger partial charge in [0.05, 0.1) is 66.3 Å². The molecule has 0 spiro atoms. The predicted octanol–water partition coefficient (Wildman–Crippen LogP) is 1.02. The van der Waals surface area contributed by atoms with Crippen LogP contribution >= 0.6 is 11.6 Å². The van der Waals surface area contributed by atoms with E-state index in [0.29, 0.717) is 22.4 Å². The van der Waals surface area contributed by atoms with Crippen molar-refractivity contribution in [3.05, 3.63) is 64.3 Å². The van der Waals surface area contributed by atoms with Crippen molar-refractivity contribution < 1.29 is 14.2 Å². The van der Waals surface area contributed by atoms with Gasteiger partial charge >= 0.3 is 0 Å². The molecule has 41 heavy (non-hydrogen) atoms. The number of aromatic nitrogens is 5. The molecule has 5 rings (SSSR count). The number of hydrogen-bond acceptors (Lipinski definition) is 6. The molecule has 0 fully saturated rings. The maximum Gasteiger partial charge on any atom is 0.170 e. The summed E-state index contributed by atoms with van der Waals surface area (Å²) >= 11 is 6.71. The number of halogens is 2. The van der Waals surface area contributed by atoms with Gasteiger partial charge in [-0.2, -0.15) is 10.2 Å². The third-order valence-corrected chi connectivity index (χ3v) is 7.22. The number of aliphatic hydroxyl groups is 1. The Morgan fingerprint density at radius 2 is 1.88 bits per heavy atom. The zero-order valence-electron chi connectivity index (χ0n) is 22.1. The Balaban J connectivity index is 1.95. The number of anilines is 1. The molecule has 4 aromatic rings. The smallest absolute Gasteiger partial charge is 0.170 e. The van der Waals surface area contributed by atoms with Crippen molar-refractivity contribution in [1.82, 2.24) is 24.5 Å². The Morgan fingerprint density at radius 3 is 2.54 bits per heavy atom. The predicted molar refractivity (Wildman–Crippen MR) is 161 cm³/mol. The molecule has 0 saturated heterocycles. The number of rotatable bonds is 4. The molecule has 0 saturated carbocycles. The molecule has 0 amide bonds. The first-order valence-corrected chi connectivity index (χ1v) is 12.6. The Hall–Kier alpha value is -2.98. The fourth-order valence-electron chi connectivity index (χ4n) is 4.81. The molecule has 2 N–H and O–H groups in total. The highest BCUT2D eigenvalue weighted by atomic mass is 35.5. The minimum Gasteiger partial charge on any atom is -0.482 e. The van der Waals surface area contributed by atoms with Crippen molar-refractivity contribution in [3.63, 3.8) is 0 Å². The average Bonchev–Trinajstić information content (AvgIpc) is 3.45. The van der Waals surface area contributed by atoms with Crippen LogP contribution < -0.4 is 10.1 Å². The number of hydrogen-bond donors (Lipinski definition) is 2. The second-order valence-corrected chi connectivity index (χ2v) is 10.4. The van der Waals surface area contributed by atoms with Gasteiger partial charge in [0.2, 0.25) is 0 Å². The molecule has 1 atom stereocenters. The van der Waals surface area contributed by atoms with Crippen LogP contribution in [0.5, 0.6) is 5.75 Å². The summed E-state index contributed by atoms with van der Waals surface area (Å²) in [5.41, 5.74) is 1.93. The molecular weight excluding hydrogens is 534 g/mol. The van der Waals surface area contributed by atoms with E-state index < -0.39 is 34.3 Å². The summed E-state index contributed by atoms with van der Waals surface area (Å²) in [5.74, 6) is -0.187. The Morgan fingerprint density at radius 1 is 1.17 bits per heavy atom. The lowest BCUT2D eigenvalue weighted by Crippen LogP contribution is -2.49. The third-order valence-electron chi connectivity index (χ3n) is 6.96. The van der Waals surface area contributed by atoms with Gasteiger partial charge in [-0.25, -0.2) is 9.37 Å². The molecule has 0 aliphatic carbocycles. The molecule has 1 aliphatic heterocycles. The summed E-state index contributed by atoms with van der Waals surface area (Å²) in [6.45, 7) is 1.25. The first-order valence-electron chi connectivity index (χ1n) is 12.2. The molecule has 17 heteroatoms. The summed E-state index contributed by atoms with van der Waals surface area (Å²) in [6, 6.07) is 5.69. The van der Waals surface area contributed by atoms with Gasteiger partial charge in [0.1, 0.15) is 18.7 Å². The number of nitrogens with one attached hydrogen (secondary N) is 1. The molecule has 1 aromatic carbocycles. The molecule has 14 radical (unpaired) electrons. The van der Waals surface area contributed by atoms with Crippen molar-refractivity contribution in [2.75, 3.05) is 12.0 Å². The van der Waals surface area contributed by atoms with Crippen LogP contribution in [0.2, 0.25) is 10.3 Å². The zero-order chi connectivity index (χ0) is 30.1. The largest absolute Gasteiger partial charge is 0.482 e. The third kappa shape index (κ3) is 4.82. The summed E-state index contributed by atoms with van der Waals surface area (Å²) in [6.07, 6.45) is 2.23. The Kier molecular flexibility index (Phi) is 7.26. The van der Waals surface area contributed by atoms with E-state index in [1.54, 1.807) is 26.2 Å². The maximum atomic E-state index is 14.6. The highest BCUT2D eigenvalue weighted by molar-refractivity contribution is 6.66. The summed E-state index contributed by atoms with van der Waals surface area (Å²) in [7, 11) is 46.0. The number of fused-ring (bicyclic) bond motifs is 7. The highest BCUT2D eigenvalue weighted by Gasteiger charge is 2.41. The minimum absolute atomic E-state index is 0.0471. The molecule has 0 unspecified atom stereocenters. The van der Waals surface area contributed by atoms with E-state index in [1.807, 2.05) is 0 Å². The van der Waals surface area contributed by atoms with Crippen LogP contribution in [-0.4, -0.2) is 91.3 Å². The van der Waals surface area contributed by atoms with E-state index in [1.165, 1.54) is 29.1 Å². The van der Waals surface area contributed by atoms with Crippen LogP contribution in [0.1, 0.15) is 29.7 Å². The zero-order valence-corrected chi connectivity index (χ0v) is 22.9. The first kappa shape index (κ1) is 29.5. The standard InChI is InChI=1S/C24H17B7ClFN6O2/c1-10-14-6-12(33)3-4-13(14)18-15(8-38(2)36-18)22(25,26)17-19(11-5-16(41-10)21(34-7-11)35-9-40)39(37-20(17)32)24(30,31)23(27,28)29/h3-8,10,40H,9H2,1-2H3,(H,34,35)/t10-/m1/s1. The van der Waals surface area contributed by atoms with Crippen LogP contribution in [0.4, 0.5) is 10.2 Å². The van der Waals surface area contributed by atoms with E-state index in [2.05, 4.69) is 20.5 Å². The fraction of sp³-hybridized carbons (Fsp3) is 0.292. The SMILES string of the molecule is [B]C1([B])c2cn(C)nc2-c2ccc(F)cc2[C@@H](C)Oc2cc(cnc2NCO)-c2c1c(Cl)nn2C([B])([B])C([B])([B])[B]. The molecule has 190 valence electrons. The number of benzene rings is 1. The van der Waals surface area contributed by atoms with E-state index in [9.17, 15) is 9.50 Å². The van der Waals surface area contributed by atoms with E-state index in [-0.39, 0.29) is 33.5 Å². The van der Waals surface area contributed by atoms with Gasteiger partial charge in [0.25, 0.3) is 0 Å². The maximum absolute atomic E-state index is 14.6. The van der Waals surface area contributed by atoms with Crippen molar-refractivity contribution in [1.29, 1.82) is 0 Å². The average molecular weight is 552 g/mol. The van der Waals surface area contributed by atoms with Crippen LogP contribution in [0.25, 0.3) is 22.5 Å². The van der Waals surface area contributed by atoms with Gasteiger partial charge < -0.3 is 15.2 Å². The molecule has 3 aromatic heterocycles. The van der Waals surface area contributed by atoms with E-state index in [4.69, 9.17) is 71.3 Å². The van der Waals surface area contributed by atoms with Gasteiger partial charge in [-0.15, -0.1) is 5.11 Å². The monoisotopic (exact) mass is 552 g/mol. The van der Waals surface area contributed by atoms with Gasteiger partial charge in [-0.1, -0.05) is 11.6 Å². The first-order chi connectivity index (χ1) is 19.1. The van der Waals surface area contributed by atoms with Gasteiger partial charge in [-0.05, 0) is 47.3 Å². The van der Waals surface area contributed by atoms with Crippen LogP contribution in [0, 0.1) is 5.82 Å². The number of nitrogens with zero attached hydrogens (tertiary/aromatic N) is 5. The molecular formula is C24H17B7ClFN6O2. The quantitative estimate of drug-likeness (QED) is 0.291. The lowest BCUT2D eigenvalue weighted by atomic mass is 9.26.